The Morgan fingerprint density at radius 3 is 2.43 bits per heavy atom. The molecule has 82 valence electrons. The monoisotopic (exact) mass is 199 g/mol. The van der Waals surface area contributed by atoms with Gasteiger partial charge in [0.05, 0.1) is 0 Å². The zero-order chi connectivity index (χ0) is 10.6. The van der Waals surface area contributed by atoms with Crippen molar-refractivity contribution in [3.8, 4) is 0 Å². The number of hydrogen-bond donors (Lipinski definition) is 1. The molecule has 0 spiro atoms. The van der Waals surface area contributed by atoms with Gasteiger partial charge in [0.2, 0.25) is 0 Å². The molecule has 1 aliphatic carbocycles. The molecule has 0 atom stereocenters. The average Bonchev–Trinajstić information content (AvgIpc) is 2.18. The Kier molecular flexibility index (Phi) is 3.93. The molecule has 0 unspecified atom stereocenters. The van der Waals surface area contributed by atoms with Crippen molar-refractivity contribution in [3.05, 3.63) is 0 Å². The molecule has 0 aromatic rings. The molecule has 1 fully saturated rings. The standard InChI is InChI=1S/C11H21NO2/c1-3-10-4-6-11(8-12,7-5-10)14-9(2)13/h10H,3-8,12H2,1-2H3. The fourth-order valence-electron chi connectivity index (χ4n) is 2.26. The smallest absolute Gasteiger partial charge is 0.303 e. The first-order valence-electron chi connectivity index (χ1n) is 5.51. The largest absolute Gasteiger partial charge is 0.458 e. The van der Waals surface area contributed by atoms with Crippen LogP contribution in [0.3, 0.4) is 0 Å². The van der Waals surface area contributed by atoms with Gasteiger partial charge in [0.15, 0.2) is 0 Å². The summed E-state index contributed by atoms with van der Waals surface area (Å²) in [5, 5.41) is 0. The van der Waals surface area contributed by atoms with Crippen LogP contribution in [0, 0.1) is 5.92 Å². The molecular formula is C11H21NO2. The zero-order valence-corrected chi connectivity index (χ0v) is 9.21. The van der Waals surface area contributed by atoms with E-state index in [-0.39, 0.29) is 11.6 Å². The van der Waals surface area contributed by atoms with Gasteiger partial charge in [-0.15, -0.1) is 0 Å². The van der Waals surface area contributed by atoms with Gasteiger partial charge in [-0.25, -0.2) is 0 Å². The van der Waals surface area contributed by atoms with E-state index in [9.17, 15) is 4.79 Å². The maximum Gasteiger partial charge on any atom is 0.303 e. The zero-order valence-electron chi connectivity index (χ0n) is 9.21. The highest BCUT2D eigenvalue weighted by atomic mass is 16.6. The molecular weight excluding hydrogens is 178 g/mol. The van der Waals surface area contributed by atoms with E-state index in [4.69, 9.17) is 10.5 Å². The first kappa shape index (κ1) is 11.5. The SMILES string of the molecule is CCC1CCC(CN)(OC(C)=O)CC1. The molecule has 0 aliphatic heterocycles. The molecule has 14 heavy (non-hydrogen) atoms. The summed E-state index contributed by atoms with van der Waals surface area (Å²) in [5.41, 5.74) is 5.35. The van der Waals surface area contributed by atoms with Gasteiger partial charge in [-0.2, -0.15) is 0 Å². The van der Waals surface area contributed by atoms with Crippen LogP contribution in [0.5, 0.6) is 0 Å². The predicted molar refractivity (Wildman–Crippen MR) is 55.8 cm³/mol. The van der Waals surface area contributed by atoms with Crippen LogP contribution in [0.1, 0.15) is 46.0 Å². The minimum absolute atomic E-state index is 0.203. The highest BCUT2D eigenvalue weighted by molar-refractivity contribution is 5.66. The maximum absolute atomic E-state index is 10.9. The third kappa shape index (κ3) is 2.71. The topological polar surface area (TPSA) is 52.3 Å². The van der Waals surface area contributed by atoms with Crippen molar-refractivity contribution in [2.75, 3.05) is 6.54 Å². The summed E-state index contributed by atoms with van der Waals surface area (Å²) in [6, 6.07) is 0. The third-order valence-corrected chi connectivity index (χ3v) is 3.33. The molecule has 0 radical (unpaired) electrons. The lowest BCUT2D eigenvalue weighted by molar-refractivity contribution is -0.160. The van der Waals surface area contributed by atoms with Crippen LogP contribution in [-0.4, -0.2) is 18.1 Å². The van der Waals surface area contributed by atoms with E-state index < -0.39 is 0 Å². The van der Waals surface area contributed by atoms with Crippen LogP contribution in [-0.2, 0) is 9.53 Å². The Hall–Kier alpha value is -0.570. The van der Waals surface area contributed by atoms with Gasteiger partial charge in [-0.1, -0.05) is 13.3 Å². The molecule has 1 aliphatic rings. The second kappa shape index (κ2) is 4.78. The first-order valence-corrected chi connectivity index (χ1v) is 5.51. The van der Waals surface area contributed by atoms with Gasteiger partial charge in [-0.3, -0.25) is 4.79 Å². The Morgan fingerprint density at radius 1 is 1.50 bits per heavy atom. The Morgan fingerprint density at radius 2 is 2.07 bits per heavy atom. The number of ether oxygens (including phenoxy) is 1. The van der Waals surface area contributed by atoms with E-state index in [1.54, 1.807) is 0 Å². The predicted octanol–water partition coefficient (Wildman–Crippen LogP) is 1.85. The normalized spacial score (nSPS) is 32.6. The van der Waals surface area contributed by atoms with Crippen molar-refractivity contribution >= 4 is 5.97 Å². The number of carbonyl (C=O) groups excluding carboxylic acids is 1. The molecule has 1 saturated carbocycles. The highest BCUT2D eigenvalue weighted by Crippen LogP contribution is 2.35. The van der Waals surface area contributed by atoms with Crippen molar-refractivity contribution in [1.29, 1.82) is 0 Å². The average molecular weight is 199 g/mol. The molecule has 0 saturated heterocycles. The van der Waals surface area contributed by atoms with Gasteiger partial charge in [0.1, 0.15) is 5.60 Å². The Labute approximate surface area is 86.0 Å². The van der Waals surface area contributed by atoms with E-state index >= 15 is 0 Å². The molecule has 0 bridgehead atoms. The molecule has 0 heterocycles. The van der Waals surface area contributed by atoms with E-state index in [0.717, 1.165) is 31.6 Å². The van der Waals surface area contributed by atoms with Gasteiger partial charge < -0.3 is 10.5 Å². The van der Waals surface area contributed by atoms with Crippen molar-refractivity contribution in [1.82, 2.24) is 0 Å². The number of rotatable bonds is 3. The van der Waals surface area contributed by atoms with E-state index in [1.165, 1.54) is 13.3 Å². The molecule has 1 rings (SSSR count). The van der Waals surface area contributed by atoms with Crippen molar-refractivity contribution in [3.63, 3.8) is 0 Å². The summed E-state index contributed by atoms with van der Waals surface area (Å²) in [7, 11) is 0. The van der Waals surface area contributed by atoms with Gasteiger partial charge in [0, 0.05) is 13.5 Å². The molecule has 3 heteroatoms. The lowest BCUT2D eigenvalue weighted by atomic mass is 9.77. The van der Waals surface area contributed by atoms with E-state index in [0.29, 0.717) is 6.54 Å². The fraction of sp³-hybridized carbons (Fsp3) is 0.909. The van der Waals surface area contributed by atoms with Crippen LogP contribution >= 0.6 is 0 Å². The number of hydrogen-bond acceptors (Lipinski definition) is 3. The summed E-state index contributed by atoms with van der Waals surface area (Å²) < 4.78 is 5.36. The van der Waals surface area contributed by atoms with E-state index in [1.807, 2.05) is 0 Å². The minimum Gasteiger partial charge on any atom is -0.458 e. The summed E-state index contributed by atoms with van der Waals surface area (Å²) in [6.45, 7) is 4.14. The third-order valence-electron chi connectivity index (χ3n) is 3.33. The van der Waals surface area contributed by atoms with Crippen molar-refractivity contribution in [2.45, 2.75) is 51.6 Å². The summed E-state index contributed by atoms with van der Waals surface area (Å²) in [6.07, 6.45) is 5.37. The van der Waals surface area contributed by atoms with Gasteiger partial charge >= 0.3 is 5.97 Å². The van der Waals surface area contributed by atoms with Crippen LogP contribution in [0.15, 0.2) is 0 Å². The van der Waals surface area contributed by atoms with E-state index in [2.05, 4.69) is 6.92 Å². The number of nitrogens with two attached hydrogens (primary N) is 1. The van der Waals surface area contributed by atoms with Gasteiger partial charge in [0.25, 0.3) is 0 Å². The molecule has 0 amide bonds. The summed E-state index contributed by atoms with van der Waals surface area (Å²) >= 11 is 0. The quantitative estimate of drug-likeness (QED) is 0.706. The minimum atomic E-state index is -0.350. The maximum atomic E-state index is 10.9. The fourth-order valence-corrected chi connectivity index (χ4v) is 2.26. The van der Waals surface area contributed by atoms with Crippen molar-refractivity contribution in [2.24, 2.45) is 11.7 Å². The molecule has 0 aromatic heterocycles. The van der Waals surface area contributed by atoms with Crippen LogP contribution in [0.4, 0.5) is 0 Å². The lowest BCUT2D eigenvalue weighted by Crippen LogP contribution is -2.45. The van der Waals surface area contributed by atoms with Crippen LogP contribution in [0.2, 0.25) is 0 Å². The summed E-state index contributed by atoms with van der Waals surface area (Å²) in [4.78, 5) is 10.9. The Balaban J connectivity index is 2.52. The molecule has 2 N–H and O–H groups in total. The highest BCUT2D eigenvalue weighted by Gasteiger charge is 2.36. The molecule has 0 aromatic carbocycles. The van der Waals surface area contributed by atoms with Gasteiger partial charge in [-0.05, 0) is 31.6 Å². The molecule has 3 nitrogen and oxygen atoms in total. The second-order valence-electron chi connectivity index (χ2n) is 4.33. The first-order chi connectivity index (χ1) is 6.62. The number of carbonyl (C=O) groups is 1. The summed E-state index contributed by atoms with van der Waals surface area (Å²) in [5.74, 6) is 0.593. The van der Waals surface area contributed by atoms with Crippen molar-refractivity contribution < 1.29 is 9.53 Å². The second-order valence-corrected chi connectivity index (χ2v) is 4.33. The van der Waals surface area contributed by atoms with Crippen LogP contribution < -0.4 is 5.73 Å². The Bertz CT molecular complexity index is 195. The van der Waals surface area contributed by atoms with Crippen LogP contribution in [0.25, 0.3) is 0 Å². The number of esters is 1. The lowest BCUT2D eigenvalue weighted by Gasteiger charge is -2.38.